The van der Waals surface area contributed by atoms with Gasteiger partial charge in [0.05, 0.1) is 7.11 Å². The van der Waals surface area contributed by atoms with E-state index >= 15 is 0 Å². The molecule has 25 heavy (non-hydrogen) atoms. The van der Waals surface area contributed by atoms with Crippen molar-refractivity contribution in [3.8, 4) is 5.75 Å². The molecule has 1 saturated heterocycles. The summed E-state index contributed by atoms with van der Waals surface area (Å²) in [7, 11) is 1.61. The molecule has 1 heterocycles. The van der Waals surface area contributed by atoms with Gasteiger partial charge in [-0.25, -0.2) is 4.79 Å². The summed E-state index contributed by atoms with van der Waals surface area (Å²) in [6.07, 6.45) is 2.87. The van der Waals surface area contributed by atoms with Gasteiger partial charge in [0.15, 0.2) is 0 Å². The Balaban J connectivity index is 1.98. The van der Waals surface area contributed by atoms with E-state index in [-0.39, 0.29) is 17.9 Å². The van der Waals surface area contributed by atoms with Crippen LogP contribution in [0, 0.1) is 5.92 Å². The maximum atomic E-state index is 12.7. The average Bonchev–Trinajstić information content (AvgIpc) is 3.18. The maximum absolute atomic E-state index is 12.7. The lowest BCUT2D eigenvalue weighted by Crippen LogP contribution is -2.53. The number of rotatable bonds is 7. The number of carbonyl (C=O) groups excluding carboxylic acids is 2. The second-order valence-electron chi connectivity index (χ2n) is 6.54. The van der Waals surface area contributed by atoms with E-state index in [4.69, 9.17) is 4.74 Å². The van der Waals surface area contributed by atoms with Crippen LogP contribution in [0.4, 0.5) is 4.79 Å². The fourth-order valence-electron chi connectivity index (χ4n) is 2.99. The van der Waals surface area contributed by atoms with E-state index in [0.717, 1.165) is 43.7 Å². The van der Waals surface area contributed by atoms with Crippen molar-refractivity contribution in [2.75, 3.05) is 20.2 Å². The predicted octanol–water partition coefficient (Wildman–Crippen LogP) is 2.53. The summed E-state index contributed by atoms with van der Waals surface area (Å²) in [6, 6.07) is 6.90. The molecule has 0 saturated carbocycles. The van der Waals surface area contributed by atoms with Crippen molar-refractivity contribution in [3.05, 3.63) is 29.8 Å². The number of methoxy groups -OCH3 is 1. The zero-order valence-electron chi connectivity index (χ0n) is 15.4. The minimum atomic E-state index is -0.534. The maximum Gasteiger partial charge on any atom is 0.318 e. The van der Waals surface area contributed by atoms with Gasteiger partial charge in [-0.3, -0.25) is 4.79 Å². The first-order valence-corrected chi connectivity index (χ1v) is 9.01. The Morgan fingerprint density at radius 1 is 1.24 bits per heavy atom. The van der Waals surface area contributed by atoms with Crippen molar-refractivity contribution in [2.45, 2.75) is 45.7 Å². The first kappa shape index (κ1) is 19.1. The Morgan fingerprint density at radius 3 is 2.56 bits per heavy atom. The van der Waals surface area contributed by atoms with Gasteiger partial charge in [0, 0.05) is 25.2 Å². The fraction of sp³-hybridized carbons (Fsp3) is 0.579. The average molecular weight is 347 g/mol. The molecule has 2 atom stereocenters. The predicted molar refractivity (Wildman–Crippen MR) is 97.4 cm³/mol. The van der Waals surface area contributed by atoms with E-state index in [1.165, 1.54) is 0 Å². The van der Waals surface area contributed by atoms with E-state index in [0.29, 0.717) is 6.54 Å². The molecular weight excluding hydrogens is 318 g/mol. The highest BCUT2D eigenvalue weighted by atomic mass is 16.5. The number of para-hydroxylation sites is 1. The largest absolute Gasteiger partial charge is 0.496 e. The van der Waals surface area contributed by atoms with Crippen LogP contribution in [-0.4, -0.2) is 43.1 Å². The van der Waals surface area contributed by atoms with Crippen LogP contribution in [0.5, 0.6) is 5.75 Å². The topological polar surface area (TPSA) is 70.7 Å². The molecule has 2 N–H and O–H groups in total. The number of ether oxygens (including phenoxy) is 1. The lowest BCUT2D eigenvalue weighted by atomic mass is 9.98. The Labute approximate surface area is 149 Å². The number of hydrogen-bond acceptors (Lipinski definition) is 3. The van der Waals surface area contributed by atoms with E-state index in [1.54, 1.807) is 12.0 Å². The molecule has 0 unspecified atom stereocenters. The summed E-state index contributed by atoms with van der Waals surface area (Å²) in [5, 5.41) is 5.85. The molecular formula is C19H29N3O3. The summed E-state index contributed by atoms with van der Waals surface area (Å²) < 4.78 is 5.31. The Bertz CT molecular complexity index is 585. The highest BCUT2D eigenvalue weighted by molar-refractivity contribution is 5.87. The lowest BCUT2D eigenvalue weighted by Gasteiger charge is -2.26. The molecule has 1 aliphatic heterocycles. The van der Waals surface area contributed by atoms with Crippen LogP contribution in [-0.2, 0) is 11.3 Å². The van der Waals surface area contributed by atoms with Crippen LogP contribution in [0.1, 0.15) is 38.7 Å². The number of nitrogens with one attached hydrogen (secondary N) is 2. The van der Waals surface area contributed by atoms with E-state index in [1.807, 2.05) is 38.1 Å². The van der Waals surface area contributed by atoms with E-state index < -0.39 is 6.04 Å². The molecule has 6 nitrogen and oxygen atoms in total. The van der Waals surface area contributed by atoms with Crippen LogP contribution in [0.2, 0.25) is 0 Å². The first-order valence-electron chi connectivity index (χ1n) is 9.01. The number of benzene rings is 1. The van der Waals surface area contributed by atoms with Crippen LogP contribution in [0.15, 0.2) is 24.3 Å². The quantitative estimate of drug-likeness (QED) is 0.796. The molecule has 1 aromatic carbocycles. The summed E-state index contributed by atoms with van der Waals surface area (Å²) in [6.45, 7) is 5.91. The van der Waals surface area contributed by atoms with Gasteiger partial charge in [-0.1, -0.05) is 38.5 Å². The monoisotopic (exact) mass is 347 g/mol. The van der Waals surface area contributed by atoms with Gasteiger partial charge in [0.1, 0.15) is 11.8 Å². The third kappa shape index (κ3) is 5.11. The summed E-state index contributed by atoms with van der Waals surface area (Å²) in [5.41, 5.74) is 0.909. The minimum absolute atomic E-state index is 0.0595. The molecule has 0 aromatic heterocycles. The SMILES string of the molecule is CC[C@@H](C)[C@H](NC(=O)N1CCCC1)C(=O)NCc1ccccc1OC. The van der Waals surface area contributed by atoms with Crippen molar-refractivity contribution >= 4 is 11.9 Å². The second kappa shape index (κ2) is 9.30. The third-order valence-corrected chi connectivity index (χ3v) is 4.81. The Morgan fingerprint density at radius 2 is 1.92 bits per heavy atom. The second-order valence-corrected chi connectivity index (χ2v) is 6.54. The van der Waals surface area contributed by atoms with Crippen molar-refractivity contribution in [2.24, 2.45) is 5.92 Å². The van der Waals surface area contributed by atoms with Gasteiger partial charge in [0.2, 0.25) is 5.91 Å². The lowest BCUT2D eigenvalue weighted by molar-refractivity contribution is -0.124. The summed E-state index contributed by atoms with van der Waals surface area (Å²) >= 11 is 0. The minimum Gasteiger partial charge on any atom is -0.496 e. The highest BCUT2D eigenvalue weighted by Crippen LogP contribution is 2.17. The van der Waals surface area contributed by atoms with Gasteiger partial charge in [-0.05, 0) is 24.8 Å². The summed E-state index contributed by atoms with van der Waals surface area (Å²) in [4.78, 5) is 26.8. The fourth-order valence-corrected chi connectivity index (χ4v) is 2.99. The van der Waals surface area contributed by atoms with Gasteiger partial charge >= 0.3 is 6.03 Å². The first-order chi connectivity index (χ1) is 12.1. The van der Waals surface area contributed by atoms with Crippen LogP contribution in [0.3, 0.4) is 0 Å². The molecule has 0 bridgehead atoms. The zero-order valence-corrected chi connectivity index (χ0v) is 15.4. The van der Waals surface area contributed by atoms with Gasteiger partial charge < -0.3 is 20.3 Å². The normalized spacial score (nSPS) is 16.2. The van der Waals surface area contributed by atoms with Crippen LogP contribution >= 0.6 is 0 Å². The molecule has 1 aromatic rings. The van der Waals surface area contributed by atoms with Crippen molar-refractivity contribution in [3.63, 3.8) is 0 Å². The zero-order chi connectivity index (χ0) is 18.2. The third-order valence-electron chi connectivity index (χ3n) is 4.81. The molecule has 6 heteroatoms. The van der Waals surface area contributed by atoms with Gasteiger partial charge in [-0.15, -0.1) is 0 Å². The molecule has 2 rings (SSSR count). The van der Waals surface area contributed by atoms with Crippen LogP contribution in [0.25, 0.3) is 0 Å². The standard InChI is InChI=1S/C19H29N3O3/c1-4-14(2)17(21-19(24)22-11-7-8-12-22)18(23)20-13-15-9-5-6-10-16(15)25-3/h5-6,9-10,14,17H,4,7-8,11-13H2,1-3H3,(H,20,23)(H,21,24)/t14-,17+/m1/s1. The van der Waals surface area contributed by atoms with Gasteiger partial charge in [-0.2, -0.15) is 0 Å². The molecule has 0 spiro atoms. The molecule has 138 valence electrons. The molecule has 1 aliphatic rings. The number of carbonyl (C=O) groups is 2. The molecule has 0 radical (unpaired) electrons. The smallest absolute Gasteiger partial charge is 0.318 e. The number of amides is 3. The number of likely N-dealkylation sites (tertiary alicyclic amines) is 1. The summed E-state index contributed by atoms with van der Waals surface area (Å²) in [5.74, 6) is 0.640. The molecule has 3 amide bonds. The highest BCUT2D eigenvalue weighted by Gasteiger charge is 2.28. The molecule has 1 fully saturated rings. The van der Waals surface area contributed by atoms with Crippen molar-refractivity contribution in [1.82, 2.24) is 15.5 Å². The number of hydrogen-bond donors (Lipinski definition) is 2. The van der Waals surface area contributed by atoms with Crippen LogP contribution < -0.4 is 15.4 Å². The van der Waals surface area contributed by atoms with Gasteiger partial charge in [0.25, 0.3) is 0 Å². The van der Waals surface area contributed by atoms with E-state index in [2.05, 4.69) is 10.6 Å². The van der Waals surface area contributed by atoms with E-state index in [9.17, 15) is 9.59 Å². The Kier molecular flexibility index (Phi) is 7.10. The van der Waals surface area contributed by atoms with Crippen molar-refractivity contribution < 1.29 is 14.3 Å². The number of nitrogens with zero attached hydrogens (tertiary/aromatic N) is 1. The molecule has 0 aliphatic carbocycles. The Hall–Kier alpha value is -2.24. The van der Waals surface area contributed by atoms with Crippen molar-refractivity contribution in [1.29, 1.82) is 0 Å². The number of urea groups is 1.